The number of unbranched alkanes of at least 4 members (excludes halogenated alkanes) is 23. The summed E-state index contributed by atoms with van der Waals surface area (Å²) in [6.45, 7) is 4.12. The molecule has 0 saturated carbocycles. The average Bonchev–Trinajstić information content (AvgIpc) is 2.99. The van der Waals surface area contributed by atoms with Gasteiger partial charge in [0.2, 0.25) is 0 Å². The quantitative estimate of drug-likeness (QED) is 0.0465. The molecule has 0 amide bonds. The third kappa shape index (κ3) is 31.6. The Balaban J connectivity index is 3.54. The number of allylic oxidation sites excluding steroid dienone is 2. The molecule has 42 heavy (non-hydrogen) atoms. The van der Waals surface area contributed by atoms with Crippen LogP contribution in [0.2, 0.25) is 0 Å². The highest BCUT2D eigenvalue weighted by Gasteiger charge is 2.16. The molecular weight excluding hydrogens is 524 g/mol. The van der Waals surface area contributed by atoms with Crippen molar-refractivity contribution in [1.29, 1.82) is 0 Å². The van der Waals surface area contributed by atoms with E-state index in [1.165, 1.54) is 128 Å². The second-order valence-corrected chi connectivity index (χ2v) is 12.3. The van der Waals surface area contributed by atoms with Crippen molar-refractivity contribution >= 4 is 11.9 Å². The lowest BCUT2D eigenvalue weighted by atomic mass is 10.0. The Morgan fingerprint density at radius 3 is 1.31 bits per heavy atom. The fourth-order valence-electron chi connectivity index (χ4n) is 5.25. The highest BCUT2D eigenvalue weighted by atomic mass is 16.6. The minimum absolute atomic E-state index is 0.0626. The highest BCUT2D eigenvalue weighted by Crippen LogP contribution is 2.14. The molecule has 5 heteroatoms. The van der Waals surface area contributed by atoms with Gasteiger partial charge in [-0.3, -0.25) is 9.59 Å². The molecule has 1 N–H and O–H groups in total. The molecule has 0 radical (unpaired) electrons. The van der Waals surface area contributed by atoms with E-state index < -0.39 is 6.10 Å². The van der Waals surface area contributed by atoms with Gasteiger partial charge >= 0.3 is 11.9 Å². The first-order chi connectivity index (χ1) is 20.6. The SMILES string of the molecule is CCCCCCC=CCCCCCCCCCC(=O)OC[C@H](CO)OC(=O)CCCCCCCCCCCCCCC. The molecule has 0 aliphatic heterocycles. The van der Waals surface area contributed by atoms with Gasteiger partial charge in [0, 0.05) is 12.8 Å². The van der Waals surface area contributed by atoms with Gasteiger partial charge in [0.1, 0.15) is 6.61 Å². The van der Waals surface area contributed by atoms with Crippen LogP contribution in [0.25, 0.3) is 0 Å². The van der Waals surface area contributed by atoms with E-state index in [2.05, 4.69) is 26.0 Å². The molecule has 248 valence electrons. The van der Waals surface area contributed by atoms with Gasteiger partial charge in [0.15, 0.2) is 6.10 Å². The van der Waals surface area contributed by atoms with Gasteiger partial charge in [-0.25, -0.2) is 0 Å². The fraction of sp³-hybridized carbons (Fsp3) is 0.892. The summed E-state index contributed by atoms with van der Waals surface area (Å²) in [5.74, 6) is -0.589. The third-order valence-electron chi connectivity index (χ3n) is 8.06. The molecule has 0 saturated heterocycles. The first-order valence-electron chi connectivity index (χ1n) is 18.2. The maximum absolute atomic E-state index is 12.1. The van der Waals surface area contributed by atoms with Gasteiger partial charge in [-0.05, 0) is 38.5 Å². The zero-order valence-corrected chi connectivity index (χ0v) is 28.0. The van der Waals surface area contributed by atoms with E-state index in [1.54, 1.807) is 0 Å². The minimum atomic E-state index is -0.765. The van der Waals surface area contributed by atoms with Crippen LogP contribution in [0.15, 0.2) is 12.2 Å². The minimum Gasteiger partial charge on any atom is -0.462 e. The molecule has 0 aromatic carbocycles. The lowest BCUT2D eigenvalue weighted by molar-refractivity contribution is -0.161. The Kier molecular flexibility index (Phi) is 33.0. The number of aliphatic hydroxyl groups excluding tert-OH is 1. The molecule has 0 aliphatic carbocycles. The van der Waals surface area contributed by atoms with Crippen molar-refractivity contribution < 1.29 is 24.2 Å². The molecule has 0 heterocycles. The van der Waals surface area contributed by atoms with Crippen LogP contribution in [-0.4, -0.2) is 36.4 Å². The molecule has 0 unspecified atom stereocenters. The summed E-state index contributed by atoms with van der Waals surface area (Å²) in [6, 6.07) is 0. The fourth-order valence-corrected chi connectivity index (χ4v) is 5.25. The van der Waals surface area contributed by atoms with Crippen molar-refractivity contribution in [3.63, 3.8) is 0 Å². The number of hydrogen-bond acceptors (Lipinski definition) is 5. The predicted octanol–water partition coefficient (Wildman–Crippen LogP) is 11.0. The highest BCUT2D eigenvalue weighted by molar-refractivity contribution is 5.70. The van der Waals surface area contributed by atoms with E-state index >= 15 is 0 Å². The van der Waals surface area contributed by atoms with E-state index in [4.69, 9.17) is 9.47 Å². The molecule has 0 spiro atoms. The van der Waals surface area contributed by atoms with Crippen molar-refractivity contribution in [2.45, 2.75) is 200 Å². The zero-order valence-electron chi connectivity index (χ0n) is 28.0. The van der Waals surface area contributed by atoms with Crippen LogP contribution in [0.3, 0.4) is 0 Å². The largest absolute Gasteiger partial charge is 0.462 e. The van der Waals surface area contributed by atoms with Crippen molar-refractivity contribution in [2.24, 2.45) is 0 Å². The van der Waals surface area contributed by atoms with Gasteiger partial charge in [-0.1, -0.05) is 154 Å². The van der Waals surface area contributed by atoms with Crippen LogP contribution in [0.5, 0.6) is 0 Å². The van der Waals surface area contributed by atoms with Gasteiger partial charge in [0.25, 0.3) is 0 Å². The molecule has 5 nitrogen and oxygen atoms in total. The molecule has 0 bridgehead atoms. The number of rotatable bonds is 33. The Morgan fingerprint density at radius 1 is 0.524 bits per heavy atom. The van der Waals surface area contributed by atoms with E-state index in [9.17, 15) is 14.7 Å². The summed E-state index contributed by atoms with van der Waals surface area (Å²) in [6.07, 6.45) is 36.9. The van der Waals surface area contributed by atoms with Crippen molar-refractivity contribution in [1.82, 2.24) is 0 Å². The number of carbonyl (C=O) groups excluding carboxylic acids is 2. The summed E-state index contributed by atoms with van der Waals surface area (Å²) >= 11 is 0. The standard InChI is InChI=1S/C37H70O5/c1-3-5-7-9-11-13-15-17-18-20-21-23-25-27-29-31-36(39)41-34-35(33-38)42-37(40)32-30-28-26-24-22-19-16-14-12-10-8-6-4-2/h13,15,35,38H,3-12,14,16-34H2,1-2H3/t35-/m0/s1. The molecular formula is C37H70O5. The summed E-state index contributed by atoms with van der Waals surface area (Å²) in [4.78, 5) is 24.2. The van der Waals surface area contributed by atoms with Crippen LogP contribution in [-0.2, 0) is 19.1 Å². The Morgan fingerprint density at radius 2 is 0.881 bits per heavy atom. The monoisotopic (exact) mass is 595 g/mol. The average molecular weight is 595 g/mol. The van der Waals surface area contributed by atoms with Crippen LogP contribution in [0, 0.1) is 0 Å². The zero-order chi connectivity index (χ0) is 30.8. The van der Waals surface area contributed by atoms with Crippen LogP contribution < -0.4 is 0 Å². The Hall–Kier alpha value is -1.36. The van der Waals surface area contributed by atoms with Gasteiger partial charge in [-0.2, -0.15) is 0 Å². The Labute approximate surface area is 261 Å². The first-order valence-corrected chi connectivity index (χ1v) is 18.2. The van der Waals surface area contributed by atoms with Crippen molar-refractivity contribution in [2.75, 3.05) is 13.2 Å². The lowest BCUT2D eigenvalue weighted by Gasteiger charge is -2.15. The molecule has 0 fully saturated rings. The van der Waals surface area contributed by atoms with Gasteiger partial charge in [-0.15, -0.1) is 0 Å². The lowest BCUT2D eigenvalue weighted by Crippen LogP contribution is -2.28. The second kappa shape index (κ2) is 34.1. The van der Waals surface area contributed by atoms with E-state index in [-0.39, 0.29) is 25.2 Å². The Bertz CT molecular complexity index is 603. The number of esters is 2. The third-order valence-corrected chi connectivity index (χ3v) is 8.06. The molecule has 0 aliphatic rings. The predicted molar refractivity (Wildman–Crippen MR) is 178 cm³/mol. The number of carbonyl (C=O) groups is 2. The molecule has 0 rings (SSSR count). The summed E-state index contributed by atoms with van der Waals surface area (Å²) in [7, 11) is 0. The first kappa shape index (κ1) is 40.6. The summed E-state index contributed by atoms with van der Waals surface area (Å²) < 4.78 is 10.6. The molecule has 0 aromatic rings. The van der Waals surface area contributed by atoms with E-state index in [0.29, 0.717) is 12.8 Å². The van der Waals surface area contributed by atoms with Crippen molar-refractivity contribution in [3.05, 3.63) is 12.2 Å². The van der Waals surface area contributed by atoms with Crippen molar-refractivity contribution in [3.8, 4) is 0 Å². The molecule has 0 aromatic heterocycles. The van der Waals surface area contributed by atoms with Crippen LogP contribution in [0.4, 0.5) is 0 Å². The van der Waals surface area contributed by atoms with E-state index in [0.717, 1.165) is 38.5 Å². The van der Waals surface area contributed by atoms with Gasteiger partial charge in [0.05, 0.1) is 6.61 Å². The number of ether oxygens (including phenoxy) is 2. The maximum atomic E-state index is 12.1. The maximum Gasteiger partial charge on any atom is 0.306 e. The van der Waals surface area contributed by atoms with E-state index in [1.807, 2.05) is 0 Å². The van der Waals surface area contributed by atoms with Crippen LogP contribution in [0.1, 0.15) is 194 Å². The summed E-state index contributed by atoms with van der Waals surface area (Å²) in [5, 5.41) is 9.52. The number of hydrogen-bond donors (Lipinski definition) is 1. The second-order valence-electron chi connectivity index (χ2n) is 12.3. The topological polar surface area (TPSA) is 72.8 Å². The normalized spacial score (nSPS) is 12.2. The van der Waals surface area contributed by atoms with Gasteiger partial charge < -0.3 is 14.6 Å². The summed E-state index contributed by atoms with van der Waals surface area (Å²) in [5.41, 5.74) is 0. The smallest absolute Gasteiger partial charge is 0.306 e. The van der Waals surface area contributed by atoms with Crippen LogP contribution >= 0.6 is 0 Å². The molecule has 1 atom stereocenters. The number of aliphatic hydroxyl groups is 1.